The van der Waals surface area contributed by atoms with Crippen molar-refractivity contribution in [3.05, 3.63) is 53.7 Å². The van der Waals surface area contributed by atoms with Crippen LogP contribution in [-0.2, 0) is 0 Å². The zero-order valence-electron chi connectivity index (χ0n) is 10.3. The van der Waals surface area contributed by atoms with E-state index in [0.717, 1.165) is 22.2 Å². The van der Waals surface area contributed by atoms with Gasteiger partial charge in [-0.1, -0.05) is 29.8 Å². The van der Waals surface area contributed by atoms with Crippen molar-refractivity contribution >= 4 is 22.5 Å². The van der Waals surface area contributed by atoms with E-state index in [1.54, 1.807) is 19.4 Å². The van der Waals surface area contributed by atoms with Crippen molar-refractivity contribution in [2.75, 3.05) is 7.11 Å². The Morgan fingerprint density at radius 1 is 1.11 bits per heavy atom. The van der Waals surface area contributed by atoms with Crippen molar-refractivity contribution in [2.45, 2.75) is 0 Å². The van der Waals surface area contributed by atoms with Gasteiger partial charge in [-0.05, 0) is 24.3 Å². The first-order chi connectivity index (χ1) is 9.28. The maximum atomic E-state index is 5.86. The largest absolute Gasteiger partial charge is 0.480 e. The molecule has 0 aliphatic heterocycles. The van der Waals surface area contributed by atoms with E-state index in [0.29, 0.717) is 10.9 Å². The van der Waals surface area contributed by atoms with Crippen LogP contribution in [0.25, 0.3) is 22.2 Å². The molecule has 94 valence electrons. The summed E-state index contributed by atoms with van der Waals surface area (Å²) in [6, 6.07) is 13.6. The van der Waals surface area contributed by atoms with Crippen molar-refractivity contribution in [2.24, 2.45) is 0 Å². The summed E-state index contributed by atoms with van der Waals surface area (Å²) >= 11 is 5.86. The lowest BCUT2D eigenvalue weighted by atomic mass is 10.1. The number of nitrogens with zero attached hydrogens (tertiary/aromatic N) is 2. The number of hydrogen-bond acceptors (Lipinski definition) is 3. The van der Waals surface area contributed by atoms with Gasteiger partial charge >= 0.3 is 0 Å². The van der Waals surface area contributed by atoms with E-state index in [-0.39, 0.29) is 0 Å². The van der Waals surface area contributed by atoms with Crippen LogP contribution >= 0.6 is 11.6 Å². The van der Waals surface area contributed by atoms with Gasteiger partial charge in [0.25, 0.3) is 0 Å². The third-order valence-corrected chi connectivity index (χ3v) is 3.11. The number of halogens is 1. The molecule has 1 aromatic carbocycles. The predicted molar refractivity (Wildman–Crippen MR) is 76.5 cm³/mol. The lowest BCUT2D eigenvalue weighted by Gasteiger charge is -2.08. The number of rotatable bonds is 2. The number of benzene rings is 1. The molecule has 4 heteroatoms. The Bertz CT molecular complexity index is 726. The highest BCUT2D eigenvalue weighted by molar-refractivity contribution is 6.30. The first-order valence-corrected chi connectivity index (χ1v) is 6.21. The van der Waals surface area contributed by atoms with Gasteiger partial charge in [-0.25, -0.2) is 4.98 Å². The van der Waals surface area contributed by atoms with Gasteiger partial charge < -0.3 is 4.74 Å². The average Bonchev–Trinajstić information content (AvgIpc) is 2.46. The molecule has 0 bridgehead atoms. The van der Waals surface area contributed by atoms with E-state index in [1.165, 1.54) is 0 Å². The number of aromatic nitrogens is 2. The Kier molecular flexibility index (Phi) is 3.05. The molecule has 0 atom stereocenters. The maximum Gasteiger partial charge on any atom is 0.223 e. The molecular weight excluding hydrogens is 260 g/mol. The molecule has 0 aliphatic carbocycles. The van der Waals surface area contributed by atoms with Crippen LogP contribution in [-0.4, -0.2) is 17.1 Å². The number of ether oxygens (including phenoxy) is 1. The molecule has 19 heavy (non-hydrogen) atoms. The van der Waals surface area contributed by atoms with Gasteiger partial charge in [0.2, 0.25) is 5.88 Å². The third kappa shape index (κ3) is 2.25. The predicted octanol–water partition coefficient (Wildman–Crippen LogP) is 3.96. The summed E-state index contributed by atoms with van der Waals surface area (Å²) in [5.74, 6) is 0.563. The molecule has 3 rings (SSSR count). The van der Waals surface area contributed by atoms with Gasteiger partial charge in [0.05, 0.1) is 28.9 Å². The lowest BCUT2D eigenvalue weighted by molar-refractivity contribution is 0.401. The molecule has 3 aromatic rings. The van der Waals surface area contributed by atoms with Gasteiger partial charge in [0.15, 0.2) is 0 Å². The molecule has 0 aliphatic rings. The van der Waals surface area contributed by atoms with Gasteiger partial charge in [-0.15, -0.1) is 0 Å². The monoisotopic (exact) mass is 270 g/mol. The van der Waals surface area contributed by atoms with Crippen molar-refractivity contribution in [1.82, 2.24) is 9.97 Å². The summed E-state index contributed by atoms with van der Waals surface area (Å²) < 4.78 is 5.35. The summed E-state index contributed by atoms with van der Waals surface area (Å²) in [6.45, 7) is 0. The molecule has 0 radical (unpaired) electrons. The molecule has 0 spiro atoms. The molecule has 0 N–H and O–H groups in total. The second-order valence-electron chi connectivity index (χ2n) is 4.10. The topological polar surface area (TPSA) is 35.0 Å². The third-order valence-electron chi connectivity index (χ3n) is 2.89. The summed E-state index contributed by atoms with van der Waals surface area (Å²) in [5, 5.41) is 1.66. The first-order valence-electron chi connectivity index (χ1n) is 5.83. The molecular formula is C15H11ClN2O. The number of pyridine rings is 2. The molecule has 0 unspecified atom stereocenters. The maximum absolute atomic E-state index is 5.86. The smallest absolute Gasteiger partial charge is 0.223 e. The van der Waals surface area contributed by atoms with Crippen molar-refractivity contribution in [1.29, 1.82) is 0 Å². The minimum Gasteiger partial charge on any atom is -0.480 e. The summed E-state index contributed by atoms with van der Waals surface area (Å²) in [6.07, 6.45) is 1.62. The quantitative estimate of drug-likeness (QED) is 0.707. The van der Waals surface area contributed by atoms with Crippen LogP contribution in [0.2, 0.25) is 5.02 Å². The van der Waals surface area contributed by atoms with Gasteiger partial charge in [0.1, 0.15) is 0 Å². The number of hydrogen-bond donors (Lipinski definition) is 0. The van der Waals surface area contributed by atoms with Crippen molar-refractivity contribution in [3.8, 4) is 17.1 Å². The highest BCUT2D eigenvalue weighted by atomic mass is 35.5. The summed E-state index contributed by atoms with van der Waals surface area (Å²) in [5.41, 5.74) is 2.55. The summed E-state index contributed by atoms with van der Waals surface area (Å²) in [7, 11) is 1.61. The molecule has 0 saturated carbocycles. The van der Waals surface area contributed by atoms with E-state index in [1.807, 2.05) is 36.4 Å². The molecule has 0 saturated heterocycles. The van der Waals surface area contributed by atoms with Crippen LogP contribution in [0.3, 0.4) is 0 Å². The normalized spacial score (nSPS) is 10.6. The second-order valence-corrected chi connectivity index (χ2v) is 4.54. The molecule has 3 nitrogen and oxygen atoms in total. The minimum atomic E-state index is 0.563. The van der Waals surface area contributed by atoms with Crippen LogP contribution in [0.4, 0.5) is 0 Å². The fourth-order valence-corrected chi connectivity index (χ4v) is 2.08. The Balaban J connectivity index is 2.23. The fourth-order valence-electron chi connectivity index (χ4n) is 1.97. The minimum absolute atomic E-state index is 0.563. The molecule has 0 fully saturated rings. The zero-order chi connectivity index (χ0) is 13.2. The van der Waals surface area contributed by atoms with E-state index in [9.17, 15) is 0 Å². The lowest BCUT2D eigenvalue weighted by Crippen LogP contribution is -1.94. The highest BCUT2D eigenvalue weighted by Crippen LogP contribution is 2.30. The first kappa shape index (κ1) is 11.9. The van der Waals surface area contributed by atoms with E-state index < -0.39 is 0 Å². The Labute approximate surface area is 115 Å². The van der Waals surface area contributed by atoms with Gasteiger partial charge in [-0.2, -0.15) is 0 Å². The number of para-hydroxylation sites is 1. The Hall–Kier alpha value is -2.13. The van der Waals surface area contributed by atoms with Crippen LogP contribution in [0.5, 0.6) is 5.88 Å². The zero-order valence-corrected chi connectivity index (χ0v) is 11.1. The van der Waals surface area contributed by atoms with E-state index in [4.69, 9.17) is 16.3 Å². The van der Waals surface area contributed by atoms with Crippen molar-refractivity contribution in [3.63, 3.8) is 0 Å². The van der Waals surface area contributed by atoms with Crippen LogP contribution < -0.4 is 4.74 Å². The molecule has 0 amide bonds. The standard InChI is InChI=1S/C15H11ClN2O/c1-19-15-12(14-7-6-11(16)9-17-14)8-10-4-2-3-5-13(10)18-15/h2-9H,1H3. The Morgan fingerprint density at radius 2 is 1.95 bits per heavy atom. The van der Waals surface area contributed by atoms with Crippen LogP contribution in [0.15, 0.2) is 48.7 Å². The number of fused-ring (bicyclic) bond motifs is 1. The van der Waals surface area contributed by atoms with Crippen LogP contribution in [0, 0.1) is 0 Å². The van der Waals surface area contributed by atoms with Gasteiger partial charge in [-0.3, -0.25) is 4.98 Å². The summed E-state index contributed by atoms with van der Waals surface area (Å²) in [4.78, 5) is 8.81. The van der Waals surface area contributed by atoms with E-state index in [2.05, 4.69) is 9.97 Å². The Morgan fingerprint density at radius 3 is 2.68 bits per heavy atom. The fraction of sp³-hybridized carbons (Fsp3) is 0.0667. The SMILES string of the molecule is COc1nc2ccccc2cc1-c1ccc(Cl)cn1. The number of methoxy groups -OCH3 is 1. The highest BCUT2D eigenvalue weighted by Gasteiger charge is 2.10. The van der Waals surface area contributed by atoms with Crippen LogP contribution in [0.1, 0.15) is 0 Å². The van der Waals surface area contributed by atoms with Gasteiger partial charge in [0, 0.05) is 11.6 Å². The second kappa shape index (κ2) is 4.86. The molecule has 2 aromatic heterocycles. The average molecular weight is 271 g/mol. The molecule has 2 heterocycles. The van der Waals surface area contributed by atoms with E-state index >= 15 is 0 Å². The van der Waals surface area contributed by atoms with Crippen molar-refractivity contribution < 1.29 is 4.74 Å².